The molecule has 0 aliphatic rings. The van der Waals surface area contributed by atoms with Crippen molar-refractivity contribution in [1.29, 1.82) is 5.41 Å². The minimum atomic E-state index is 0.934. The van der Waals surface area contributed by atoms with E-state index in [9.17, 15) is 0 Å². The summed E-state index contributed by atoms with van der Waals surface area (Å²) in [5, 5.41) is 6.84. The fourth-order valence-corrected chi connectivity index (χ4v) is 1.03. The van der Waals surface area contributed by atoms with Crippen molar-refractivity contribution in [3.8, 4) is 0 Å². The number of hydrogen-bond acceptors (Lipinski definition) is 1. The molecule has 0 saturated heterocycles. The highest BCUT2D eigenvalue weighted by molar-refractivity contribution is 5.78. The lowest BCUT2D eigenvalue weighted by atomic mass is 10.1. The van der Waals surface area contributed by atoms with Gasteiger partial charge >= 0.3 is 0 Å². The number of nitrogens with one attached hydrogen (secondary N) is 1. The van der Waals surface area contributed by atoms with Gasteiger partial charge in [-0.2, -0.15) is 0 Å². The second kappa shape index (κ2) is 4.41. The van der Waals surface area contributed by atoms with Crippen LogP contribution >= 0.6 is 0 Å². The van der Waals surface area contributed by atoms with Crippen LogP contribution in [-0.4, -0.2) is 6.21 Å². The number of hydrogen-bond donors (Lipinski definition) is 1. The van der Waals surface area contributed by atoms with Gasteiger partial charge in [-0.25, -0.2) is 0 Å². The molecule has 1 aromatic carbocycles. The molecule has 66 valence electrons. The topological polar surface area (TPSA) is 23.9 Å². The molecule has 0 heterocycles. The summed E-state index contributed by atoms with van der Waals surface area (Å²) in [6.07, 6.45) is 4.75. The van der Waals surface area contributed by atoms with E-state index in [1.165, 1.54) is 11.8 Å². The molecule has 1 nitrogen and oxygen atoms in total. The Bertz CT molecular complexity index is 331. The Kier molecular flexibility index (Phi) is 3.21. The van der Waals surface area contributed by atoms with Crippen molar-refractivity contribution >= 4 is 11.8 Å². The summed E-state index contributed by atoms with van der Waals surface area (Å²) >= 11 is 0. The van der Waals surface area contributed by atoms with Crippen LogP contribution in [0.15, 0.2) is 43.0 Å². The van der Waals surface area contributed by atoms with Crippen LogP contribution in [-0.2, 0) is 0 Å². The van der Waals surface area contributed by atoms with Gasteiger partial charge in [0.05, 0.1) is 0 Å². The SMILES string of the molecule is C=C(/C=C\C=N)c1ccc(C)cc1. The molecular formula is C12H13N. The van der Waals surface area contributed by atoms with E-state index in [-0.39, 0.29) is 0 Å². The van der Waals surface area contributed by atoms with E-state index in [1.54, 1.807) is 6.08 Å². The molecular weight excluding hydrogens is 158 g/mol. The molecule has 0 aromatic heterocycles. The zero-order chi connectivity index (χ0) is 9.68. The Labute approximate surface area is 78.9 Å². The molecule has 0 amide bonds. The molecule has 1 N–H and O–H groups in total. The van der Waals surface area contributed by atoms with Gasteiger partial charge in [-0.1, -0.05) is 42.5 Å². The van der Waals surface area contributed by atoms with Crippen molar-refractivity contribution in [2.24, 2.45) is 0 Å². The molecule has 0 aliphatic carbocycles. The first-order valence-electron chi connectivity index (χ1n) is 4.17. The standard InChI is InChI=1S/C12H13N/c1-10-5-7-12(8-6-10)11(2)4-3-9-13/h3-9,13H,2H2,1H3/b4-3-,13-9?. The summed E-state index contributed by atoms with van der Waals surface area (Å²) < 4.78 is 0. The van der Waals surface area contributed by atoms with E-state index in [1.807, 2.05) is 18.2 Å². The lowest BCUT2D eigenvalue weighted by molar-refractivity contribution is 1.46. The van der Waals surface area contributed by atoms with Crippen LogP contribution in [0, 0.1) is 12.3 Å². The summed E-state index contributed by atoms with van der Waals surface area (Å²) in [6.45, 7) is 5.96. The van der Waals surface area contributed by atoms with E-state index in [0.29, 0.717) is 0 Å². The van der Waals surface area contributed by atoms with Gasteiger partial charge in [-0.15, -0.1) is 0 Å². The van der Waals surface area contributed by atoms with Gasteiger partial charge in [0.25, 0.3) is 0 Å². The van der Waals surface area contributed by atoms with Gasteiger partial charge < -0.3 is 5.41 Å². The Balaban J connectivity index is 2.83. The van der Waals surface area contributed by atoms with E-state index < -0.39 is 0 Å². The van der Waals surface area contributed by atoms with Crippen LogP contribution in [0.25, 0.3) is 5.57 Å². The van der Waals surface area contributed by atoms with E-state index >= 15 is 0 Å². The lowest BCUT2D eigenvalue weighted by Crippen LogP contribution is -1.79. The maximum Gasteiger partial charge on any atom is 0.0177 e. The van der Waals surface area contributed by atoms with Crippen molar-refractivity contribution in [3.63, 3.8) is 0 Å². The third kappa shape index (κ3) is 2.71. The molecule has 0 atom stereocenters. The maximum atomic E-state index is 6.84. The van der Waals surface area contributed by atoms with Gasteiger partial charge in [0.2, 0.25) is 0 Å². The Hall–Kier alpha value is -1.63. The number of allylic oxidation sites excluding steroid dienone is 3. The van der Waals surface area contributed by atoms with Gasteiger partial charge in [-0.05, 0) is 24.1 Å². The van der Waals surface area contributed by atoms with Gasteiger partial charge in [0.15, 0.2) is 0 Å². The summed E-state index contributed by atoms with van der Waals surface area (Å²) in [5.74, 6) is 0. The summed E-state index contributed by atoms with van der Waals surface area (Å²) in [7, 11) is 0. The predicted octanol–water partition coefficient (Wildman–Crippen LogP) is 3.21. The second-order valence-electron chi connectivity index (χ2n) is 2.92. The highest BCUT2D eigenvalue weighted by atomic mass is 14.3. The highest BCUT2D eigenvalue weighted by Gasteiger charge is 1.92. The van der Waals surface area contributed by atoms with Crippen LogP contribution < -0.4 is 0 Å². The van der Waals surface area contributed by atoms with Crippen molar-refractivity contribution in [2.75, 3.05) is 0 Å². The van der Waals surface area contributed by atoms with Gasteiger partial charge in [-0.3, -0.25) is 0 Å². The summed E-state index contributed by atoms with van der Waals surface area (Å²) in [6, 6.07) is 8.18. The quantitative estimate of drug-likeness (QED) is 0.533. The molecule has 0 aliphatic heterocycles. The Morgan fingerprint density at radius 2 is 1.92 bits per heavy atom. The van der Waals surface area contributed by atoms with Crippen molar-refractivity contribution in [1.82, 2.24) is 0 Å². The summed E-state index contributed by atoms with van der Waals surface area (Å²) in [5.41, 5.74) is 3.28. The monoisotopic (exact) mass is 171 g/mol. The molecule has 1 heteroatoms. The van der Waals surface area contributed by atoms with E-state index in [0.717, 1.165) is 11.1 Å². The lowest BCUT2D eigenvalue weighted by Gasteiger charge is -1.99. The molecule has 0 spiro atoms. The smallest absolute Gasteiger partial charge is 0.0177 e. The fourth-order valence-electron chi connectivity index (χ4n) is 1.03. The van der Waals surface area contributed by atoms with Gasteiger partial charge in [0.1, 0.15) is 0 Å². The third-order valence-electron chi connectivity index (χ3n) is 1.82. The van der Waals surface area contributed by atoms with E-state index in [4.69, 9.17) is 5.41 Å². The predicted molar refractivity (Wildman–Crippen MR) is 58.1 cm³/mol. The average Bonchev–Trinajstić information content (AvgIpc) is 2.15. The summed E-state index contributed by atoms with van der Waals surface area (Å²) in [4.78, 5) is 0. The molecule has 13 heavy (non-hydrogen) atoms. The maximum absolute atomic E-state index is 6.84. The largest absolute Gasteiger partial charge is 0.309 e. The second-order valence-corrected chi connectivity index (χ2v) is 2.92. The van der Waals surface area contributed by atoms with Crippen LogP contribution in [0.1, 0.15) is 11.1 Å². The molecule has 1 rings (SSSR count). The molecule has 0 fully saturated rings. The normalized spacial score (nSPS) is 10.2. The first-order chi connectivity index (χ1) is 6.24. The first kappa shape index (κ1) is 9.46. The van der Waals surface area contributed by atoms with Crippen LogP contribution in [0.2, 0.25) is 0 Å². The Morgan fingerprint density at radius 3 is 2.46 bits per heavy atom. The highest BCUT2D eigenvalue weighted by Crippen LogP contribution is 2.13. The fraction of sp³-hybridized carbons (Fsp3) is 0.0833. The zero-order valence-corrected chi connectivity index (χ0v) is 7.75. The zero-order valence-electron chi connectivity index (χ0n) is 7.75. The van der Waals surface area contributed by atoms with Crippen molar-refractivity contribution in [2.45, 2.75) is 6.92 Å². The molecule has 0 bridgehead atoms. The first-order valence-corrected chi connectivity index (χ1v) is 4.17. The molecule has 0 unspecified atom stereocenters. The number of benzene rings is 1. The van der Waals surface area contributed by atoms with Crippen molar-refractivity contribution < 1.29 is 0 Å². The van der Waals surface area contributed by atoms with Crippen LogP contribution in [0.3, 0.4) is 0 Å². The Morgan fingerprint density at radius 1 is 1.31 bits per heavy atom. The average molecular weight is 171 g/mol. The third-order valence-corrected chi connectivity index (χ3v) is 1.82. The van der Waals surface area contributed by atoms with Crippen molar-refractivity contribution in [3.05, 3.63) is 54.1 Å². The van der Waals surface area contributed by atoms with Crippen LogP contribution in [0.5, 0.6) is 0 Å². The molecule has 0 saturated carbocycles. The van der Waals surface area contributed by atoms with Crippen LogP contribution in [0.4, 0.5) is 0 Å². The van der Waals surface area contributed by atoms with Gasteiger partial charge in [0, 0.05) is 6.21 Å². The number of aryl methyl sites for hydroxylation is 1. The molecule has 1 aromatic rings. The molecule has 0 radical (unpaired) electrons. The minimum absolute atomic E-state index is 0.934. The minimum Gasteiger partial charge on any atom is -0.309 e. The van der Waals surface area contributed by atoms with E-state index in [2.05, 4.69) is 25.6 Å². The number of rotatable bonds is 3.